The number of carbonyl (C=O) groups is 1. The van der Waals surface area contributed by atoms with E-state index in [4.69, 9.17) is 23.2 Å². The maximum Gasteiger partial charge on any atom is 0.256 e. The van der Waals surface area contributed by atoms with Crippen LogP contribution >= 0.6 is 46.7 Å². The lowest BCUT2D eigenvalue weighted by atomic mass is 10.2. The molecule has 5 rings (SSSR count). The smallest absolute Gasteiger partial charge is 0.256 e. The van der Waals surface area contributed by atoms with Gasteiger partial charge in [0.05, 0.1) is 10.9 Å². The van der Waals surface area contributed by atoms with E-state index in [1.165, 1.54) is 47.8 Å². The number of para-hydroxylation sites is 2. The first-order valence-corrected chi connectivity index (χ1v) is 14.7. The summed E-state index contributed by atoms with van der Waals surface area (Å²) in [6, 6.07) is 9.37. The number of carbonyl (C=O) groups excluding carboxylic acids is 1. The molecule has 8 nitrogen and oxygen atoms in total. The summed E-state index contributed by atoms with van der Waals surface area (Å²) in [4.78, 5) is 39.3. The second-order valence-electron chi connectivity index (χ2n) is 7.92. The fourth-order valence-electron chi connectivity index (χ4n) is 3.52. The zero-order chi connectivity index (χ0) is 30.6. The molecule has 3 aromatic heterocycles. The van der Waals surface area contributed by atoms with E-state index in [1.807, 2.05) is 0 Å². The van der Waals surface area contributed by atoms with Gasteiger partial charge in [-0.05, 0) is 42.8 Å². The number of nitrogens with one attached hydrogen (secondary N) is 1. The number of hydrogen-bond acceptors (Lipinski definition) is 9. The molecule has 42 heavy (non-hydrogen) atoms. The normalized spacial score (nSPS) is 10.8. The number of halogens is 6. The van der Waals surface area contributed by atoms with Crippen LogP contribution < -0.4 is 10.9 Å². The van der Waals surface area contributed by atoms with Crippen molar-refractivity contribution in [2.24, 2.45) is 0 Å². The average molecular weight is 655 g/mol. The predicted molar refractivity (Wildman–Crippen MR) is 156 cm³/mol. The van der Waals surface area contributed by atoms with Crippen LogP contribution in [0.2, 0.25) is 10.3 Å². The van der Waals surface area contributed by atoms with E-state index < -0.39 is 40.2 Å². The minimum atomic E-state index is -0.866. The van der Waals surface area contributed by atoms with Crippen LogP contribution in [0.15, 0.2) is 63.6 Å². The van der Waals surface area contributed by atoms with Crippen molar-refractivity contribution < 1.29 is 22.4 Å². The highest BCUT2D eigenvalue weighted by Gasteiger charge is 2.19. The fraction of sp³-hybridized carbons (Fsp3) is 0.0769. The summed E-state index contributed by atoms with van der Waals surface area (Å²) in [5.74, 6) is -3.39. The molecule has 0 radical (unpaired) electrons. The molecule has 0 bridgehead atoms. The van der Waals surface area contributed by atoms with Crippen molar-refractivity contribution in [3.8, 4) is 5.69 Å². The van der Waals surface area contributed by atoms with Crippen LogP contribution in [0.25, 0.3) is 16.7 Å². The SMILES string of the molecule is CSc1nc(Cl)c(C=O)c(Nc2c(F)cccc2F)n1.CSc1nc(Cl)c2ccc(=O)n(-c3c(F)cccc3F)c2n1. The second-order valence-corrected chi connectivity index (χ2v) is 10.2. The quantitative estimate of drug-likeness (QED) is 0.0674. The zero-order valence-electron chi connectivity index (χ0n) is 21.3. The number of thioether (sulfide) groups is 2. The van der Waals surface area contributed by atoms with E-state index in [1.54, 1.807) is 12.5 Å². The lowest BCUT2D eigenvalue weighted by Gasteiger charge is -2.12. The molecule has 0 fully saturated rings. The molecule has 0 aliphatic rings. The Morgan fingerprint density at radius 1 is 0.786 bits per heavy atom. The topological polar surface area (TPSA) is 103 Å². The van der Waals surface area contributed by atoms with E-state index >= 15 is 0 Å². The number of fused-ring (bicyclic) bond motifs is 1. The third-order valence-electron chi connectivity index (χ3n) is 5.41. The van der Waals surface area contributed by atoms with Gasteiger partial charge in [0, 0.05) is 6.07 Å². The number of hydrogen-bond donors (Lipinski definition) is 1. The van der Waals surface area contributed by atoms with Crippen molar-refractivity contribution in [1.29, 1.82) is 0 Å². The number of aromatic nitrogens is 5. The molecule has 2 aromatic carbocycles. The van der Waals surface area contributed by atoms with Crippen molar-refractivity contribution in [3.05, 3.63) is 98.0 Å². The molecule has 1 N–H and O–H groups in total. The minimum Gasteiger partial charge on any atom is -0.335 e. The maximum atomic E-state index is 14.0. The van der Waals surface area contributed by atoms with Gasteiger partial charge in [-0.3, -0.25) is 14.2 Å². The van der Waals surface area contributed by atoms with Gasteiger partial charge < -0.3 is 5.32 Å². The Kier molecular flexibility index (Phi) is 10.0. The van der Waals surface area contributed by atoms with Crippen LogP contribution in [0.1, 0.15) is 10.4 Å². The first-order valence-electron chi connectivity index (χ1n) is 11.4. The van der Waals surface area contributed by atoms with Crippen molar-refractivity contribution in [2.75, 3.05) is 17.8 Å². The van der Waals surface area contributed by atoms with E-state index in [2.05, 4.69) is 25.3 Å². The molecule has 0 amide bonds. The van der Waals surface area contributed by atoms with E-state index in [0.29, 0.717) is 16.8 Å². The van der Waals surface area contributed by atoms with Gasteiger partial charge in [-0.15, -0.1) is 0 Å². The van der Waals surface area contributed by atoms with Crippen LogP contribution in [0.5, 0.6) is 0 Å². The average Bonchev–Trinajstić information content (AvgIpc) is 2.96. The molecule has 5 aromatic rings. The van der Waals surface area contributed by atoms with Crippen LogP contribution in [-0.4, -0.2) is 43.3 Å². The number of rotatable bonds is 6. The third kappa shape index (κ3) is 6.51. The second kappa shape index (κ2) is 13.5. The summed E-state index contributed by atoms with van der Waals surface area (Å²) < 4.78 is 56.1. The molecule has 0 unspecified atom stereocenters. The highest BCUT2D eigenvalue weighted by Crippen LogP contribution is 2.29. The Balaban J connectivity index is 0.000000194. The summed E-state index contributed by atoms with van der Waals surface area (Å²) in [6.07, 6.45) is 3.86. The van der Waals surface area contributed by atoms with Crippen LogP contribution in [-0.2, 0) is 0 Å². The predicted octanol–water partition coefficient (Wildman–Crippen LogP) is 7.12. The molecule has 0 aliphatic heterocycles. The fourth-order valence-corrected chi connectivity index (χ4v) is 4.79. The van der Waals surface area contributed by atoms with Gasteiger partial charge in [0.1, 0.15) is 50.8 Å². The highest BCUT2D eigenvalue weighted by molar-refractivity contribution is 7.98. The van der Waals surface area contributed by atoms with E-state index in [0.717, 1.165) is 28.8 Å². The van der Waals surface area contributed by atoms with Gasteiger partial charge in [0.15, 0.2) is 22.2 Å². The first kappa shape index (κ1) is 31.2. The summed E-state index contributed by atoms with van der Waals surface area (Å²) in [5, 5.41) is 3.38. The molecule has 3 heterocycles. The van der Waals surface area contributed by atoms with Gasteiger partial charge in [-0.2, -0.15) is 0 Å². The standard InChI is InChI=1S/C14H8ClF2N3OS.C12H8ClF2N3OS/c1-22-14-18-12(15)7-5-6-10(21)20(13(7)19-14)11-8(16)3-2-4-9(11)17;1-20-12-17-10(13)6(5-19)11(18-12)16-9-7(14)3-2-4-8(9)15/h2-6H,1H3;2-5H,1H3,(H,16,17,18). The van der Waals surface area contributed by atoms with Crippen molar-refractivity contribution in [1.82, 2.24) is 24.5 Å². The molecule has 0 atom stereocenters. The zero-order valence-corrected chi connectivity index (χ0v) is 24.5. The Hall–Kier alpha value is -3.72. The monoisotopic (exact) mass is 654 g/mol. The summed E-state index contributed by atoms with van der Waals surface area (Å²) in [6.45, 7) is 0. The van der Waals surface area contributed by atoms with Gasteiger partial charge in [0.2, 0.25) is 0 Å². The maximum absolute atomic E-state index is 14.0. The summed E-state index contributed by atoms with van der Waals surface area (Å²) in [5.41, 5.74) is -1.51. The van der Waals surface area contributed by atoms with Crippen molar-refractivity contribution in [2.45, 2.75) is 10.3 Å². The largest absolute Gasteiger partial charge is 0.335 e. The molecule has 0 saturated heterocycles. The van der Waals surface area contributed by atoms with Gasteiger partial charge in [0.25, 0.3) is 5.56 Å². The Bertz CT molecular complexity index is 1840. The Labute approximate surface area is 253 Å². The lowest BCUT2D eigenvalue weighted by molar-refractivity contribution is 0.112. The van der Waals surface area contributed by atoms with Gasteiger partial charge in [-0.1, -0.05) is 58.9 Å². The molecule has 16 heteroatoms. The van der Waals surface area contributed by atoms with E-state index in [9.17, 15) is 27.2 Å². The first-order chi connectivity index (χ1) is 20.1. The summed E-state index contributed by atoms with van der Waals surface area (Å²) in [7, 11) is 0. The summed E-state index contributed by atoms with van der Waals surface area (Å²) >= 11 is 14.3. The van der Waals surface area contributed by atoms with Crippen LogP contribution in [0.3, 0.4) is 0 Å². The van der Waals surface area contributed by atoms with E-state index in [-0.39, 0.29) is 32.5 Å². The Morgan fingerprint density at radius 2 is 1.33 bits per heavy atom. The lowest BCUT2D eigenvalue weighted by Crippen LogP contribution is -2.21. The molecular formula is C26H16Cl2F4N6O2S2. The molecule has 0 spiro atoms. The minimum absolute atomic E-state index is 0.0478. The highest BCUT2D eigenvalue weighted by atomic mass is 35.5. The molecular weight excluding hydrogens is 639 g/mol. The number of pyridine rings is 1. The van der Waals surface area contributed by atoms with Crippen molar-refractivity contribution in [3.63, 3.8) is 0 Å². The van der Waals surface area contributed by atoms with Crippen LogP contribution in [0.4, 0.5) is 29.1 Å². The van der Waals surface area contributed by atoms with Gasteiger partial charge in [-0.25, -0.2) is 37.5 Å². The van der Waals surface area contributed by atoms with Crippen LogP contribution in [0, 0.1) is 23.3 Å². The molecule has 0 saturated carbocycles. The third-order valence-corrected chi connectivity index (χ3v) is 7.08. The van der Waals surface area contributed by atoms with Crippen molar-refractivity contribution >= 4 is 75.6 Å². The molecule has 216 valence electrons. The molecule has 0 aliphatic carbocycles. The number of aldehydes is 1. The number of benzene rings is 2. The Morgan fingerprint density at radius 3 is 1.90 bits per heavy atom. The number of nitrogens with zero attached hydrogens (tertiary/aromatic N) is 5. The number of anilines is 2. The van der Waals surface area contributed by atoms with Gasteiger partial charge >= 0.3 is 0 Å².